The average Bonchev–Trinajstić information content (AvgIpc) is 3.33. The van der Waals surface area contributed by atoms with E-state index in [9.17, 15) is 4.79 Å². The molecule has 3 aromatic heterocycles. The molecular formula is C15H16N6OS3. The first-order chi connectivity index (χ1) is 12.2. The van der Waals surface area contributed by atoms with Crippen molar-refractivity contribution in [2.45, 2.75) is 30.8 Å². The van der Waals surface area contributed by atoms with E-state index in [1.807, 2.05) is 23.0 Å². The minimum Gasteiger partial charge on any atom is -0.305 e. The fraction of sp³-hybridized carbons (Fsp3) is 0.400. The highest BCUT2D eigenvalue weighted by atomic mass is 32.2. The molecule has 7 nitrogen and oxygen atoms in total. The molecule has 3 heterocycles. The Morgan fingerprint density at radius 1 is 1.28 bits per heavy atom. The standard InChI is InChI=1S/C15H16N6OS3/c1-21-13(10-6-23-11-5-3-2-4-9(10)11)18-20-15(21)24-7-12(22)17-14-19-16-8-25-14/h6,8H,2-5,7H2,1H3,(H,17,19,22). The molecule has 0 aliphatic heterocycles. The van der Waals surface area contributed by atoms with Crippen molar-refractivity contribution in [1.82, 2.24) is 25.0 Å². The predicted octanol–water partition coefficient (Wildman–Crippen LogP) is 3.00. The lowest BCUT2D eigenvalue weighted by molar-refractivity contribution is -0.113. The van der Waals surface area contributed by atoms with Gasteiger partial charge in [0.1, 0.15) is 5.51 Å². The molecule has 10 heteroatoms. The summed E-state index contributed by atoms with van der Waals surface area (Å²) in [7, 11) is 1.95. The Hall–Kier alpha value is -1.78. The fourth-order valence-electron chi connectivity index (χ4n) is 2.87. The molecule has 0 fully saturated rings. The number of anilines is 1. The van der Waals surface area contributed by atoms with Crippen LogP contribution in [-0.2, 0) is 24.7 Å². The van der Waals surface area contributed by atoms with Gasteiger partial charge < -0.3 is 4.57 Å². The smallest absolute Gasteiger partial charge is 0.236 e. The number of aryl methyl sites for hydroxylation is 1. The maximum absolute atomic E-state index is 12.0. The van der Waals surface area contributed by atoms with Gasteiger partial charge in [0.05, 0.1) is 5.75 Å². The van der Waals surface area contributed by atoms with Crippen molar-refractivity contribution in [3.05, 3.63) is 21.3 Å². The molecule has 1 aliphatic rings. The highest BCUT2D eigenvalue weighted by Crippen LogP contribution is 2.36. The van der Waals surface area contributed by atoms with Crippen molar-refractivity contribution in [1.29, 1.82) is 0 Å². The zero-order chi connectivity index (χ0) is 17.2. The van der Waals surface area contributed by atoms with Gasteiger partial charge in [0.25, 0.3) is 0 Å². The average molecular weight is 393 g/mol. The molecule has 0 radical (unpaired) electrons. The van der Waals surface area contributed by atoms with E-state index in [4.69, 9.17) is 0 Å². The fourth-order valence-corrected chi connectivity index (χ4v) is 5.17. The van der Waals surface area contributed by atoms with Crippen LogP contribution in [-0.4, -0.2) is 36.6 Å². The van der Waals surface area contributed by atoms with Crippen molar-refractivity contribution in [3.8, 4) is 11.4 Å². The van der Waals surface area contributed by atoms with Crippen LogP contribution in [0.2, 0.25) is 0 Å². The summed E-state index contributed by atoms with van der Waals surface area (Å²) in [4.78, 5) is 13.5. The van der Waals surface area contributed by atoms with E-state index >= 15 is 0 Å². The number of carbonyl (C=O) groups excluding carboxylic acids is 1. The minimum atomic E-state index is -0.126. The summed E-state index contributed by atoms with van der Waals surface area (Å²) >= 11 is 4.49. The van der Waals surface area contributed by atoms with Crippen LogP contribution >= 0.6 is 34.4 Å². The monoisotopic (exact) mass is 392 g/mol. The van der Waals surface area contributed by atoms with E-state index in [-0.39, 0.29) is 11.7 Å². The highest BCUT2D eigenvalue weighted by molar-refractivity contribution is 7.99. The molecule has 1 N–H and O–H groups in total. The van der Waals surface area contributed by atoms with Gasteiger partial charge in [-0.2, -0.15) is 0 Å². The van der Waals surface area contributed by atoms with Gasteiger partial charge in [-0.3, -0.25) is 10.1 Å². The first-order valence-electron chi connectivity index (χ1n) is 7.90. The minimum absolute atomic E-state index is 0.126. The van der Waals surface area contributed by atoms with E-state index in [1.54, 1.807) is 5.51 Å². The number of aromatic nitrogens is 5. The first kappa shape index (κ1) is 16.7. The van der Waals surface area contributed by atoms with Gasteiger partial charge in [-0.1, -0.05) is 23.1 Å². The summed E-state index contributed by atoms with van der Waals surface area (Å²) in [5, 5.41) is 22.3. The number of nitrogens with one attached hydrogen (secondary N) is 1. The van der Waals surface area contributed by atoms with Crippen LogP contribution in [0.1, 0.15) is 23.3 Å². The summed E-state index contributed by atoms with van der Waals surface area (Å²) < 4.78 is 1.97. The van der Waals surface area contributed by atoms with Crippen LogP contribution < -0.4 is 5.32 Å². The van der Waals surface area contributed by atoms with E-state index < -0.39 is 0 Å². The topological polar surface area (TPSA) is 85.6 Å². The number of nitrogens with zero attached hydrogens (tertiary/aromatic N) is 5. The molecule has 0 saturated heterocycles. The molecular weight excluding hydrogens is 376 g/mol. The Kier molecular flexibility index (Phi) is 4.82. The number of rotatable bonds is 5. The van der Waals surface area contributed by atoms with E-state index in [0.29, 0.717) is 5.13 Å². The van der Waals surface area contributed by atoms with Crippen LogP contribution in [0.3, 0.4) is 0 Å². The van der Waals surface area contributed by atoms with Gasteiger partial charge in [0.15, 0.2) is 11.0 Å². The molecule has 25 heavy (non-hydrogen) atoms. The number of amides is 1. The van der Waals surface area contributed by atoms with E-state index in [0.717, 1.165) is 17.4 Å². The highest BCUT2D eigenvalue weighted by Gasteiger charge is 2.21. The molecule has 4 rings (SSSR count). The van der Waals surface area contributed by atoms with Gasteiger partial charge in [-0.15, -0.1) is 31.7 Å². The second-order valence-electron chi connectivity index (χ2n) is 5.70. The summed E-state index contributed by atoms with van der Waals surface area (Å²) in [6.45, 7) is 0. The SMILES string of the molecule is Cn1c(SCC(=O)Nc2nncs2)nnc1-c1csc2c1CCCC2. The van der Waals surface area contributed by atoms with Crippen molar-refractivity contribution in [2.75, 3.05) is 11.1 Å². The van der Waals surface area contributed by atoms with Gasteiger partial charge in [0, 0.05) is 22.9 Å². The maximum atomic E-state index is 12.0. The van der Waals surface area contributed by atoms with Crippen molar-refractivity contribution < 1.29 is 4.79 Å². The lowest BCUT2D eigenvalue weighted by Crippen LogP contribution is -2.14. The Morgan fingerprint density at radius 3 is 3.00 bits per heavy atom. The summed E-state index contributed by atoms with van der Waals surface area (Å²) in [5.41, 5.74) is 4.20. The van der Waals surface area contributed by atoms with Gasteiger partial charge in [0.2, 0.25) is 11.0 Å². The first-order valence-corrected chi connectivity index (χ1v) is 10.6. The predicted molar refractivity (Wildman–Crippen MR) is 100 cm³/mol. The van der Waals surface area contributed by atoms with Gasteiger partial charge in [-0.25, -0.2) is 0 Å². The van der Waals surface area contributed by atoms with Crippen LogP contribution in [0.5, 0.6) is 0 Å². The Balaban J connectivity index is 1.46. The molecule has 0 unspecified atom stereocenters. The molecule has 0 saturated carbocycles. The number of carbonyl (C=O) groups is 1. The molecule has 0 atom stereocenters. The van der Waals surface area contributed by atoms with E-state index in [2.05, 4.69) is 31.1 Å². The summed E-state index contributed by atoms with van der Waals surface area (Å²) in [6.07, 6.45) is 4.80. The summed E-state index contributed by atoms with van der Waals surface area (Å²) in [5.74, 6) is 1.01. The number of thiophene rings is 1. The second kappa shape index (κ2) is 7.22. The van der Waals surface area contributed by atoms with Crippen molar-refractivity contribution in [3.63, 3.8) is 0 Å². The quantitative estimate of drug-likeness (QED) is 0.672. The van der Waals surface area contributed by atoms with Crippen molar-refractivity contribution >= 4 is 45.5 Å². The third kappa shape index (κ3) is 3.46. The number of hydrogen-bond acceptors (Lipinski definition) is 8. The van der Waals surface area contributed by atoms with E-state index in [1.165, 1.54) is 58.4 Å². The molecule has 1 aliphatic carbocycles. The summed E-state index contributed by atoms with van der Waals surface area (Å²) in [6, 6.07) is 0. The zero-order valence-electron chi connectivity index (χ0n) is 13.6. The normalized spacial score (nSPS) is 13.6. The number of thioether (sulfide) groups is 1. The third-order valence-electron chi connectivity index (χ3n) is 4.08. The lowest BCUT2D eigenvalue weighted by atomic mass is 9.96. The molecule has 3 aromatic rings. The Labute approximate surface area is 156 Å². The molecule has 0 aromatic carbocycles. The Bertz CT molecular complexity index is 885. The van der Waals surface area contributed by atoms with Crippen molar-refractivity contribution in [2.24, 2.45) is 7.05 Å². The van der Waals surface area contributed by atoms with Crippen LogP contribution in [0, 0.1) is 0 Å². The van der Waals surface area contributed by atoms with Crippen LogP contribution in [0.4, 0.5) is 5.13 Å². The zero-order valence-corrected chi connectivity index (χ0v) is 16.0. The second-order valence-corrected chi connectivity index (χ2v) is 8.44. The number of fused-ring (bicyclic) bond motifs is 1. The molecule has 130 valence electrons. The third-order valence-corrected chi connectivity index (χ3v) is 6.79. The maximum Gasteiger partial charge on any atom is 0.236 e. The van der Waals surface area contributed by atoms with Crippen LogP contribution in [0.25, 0.3) is 11.4 Å². The van der Waals surface area contributed by atoms with Crippen LogP contribution in [0.15, 0.2) is 16.0 Å². The lowest BCUT2D eigenvalue weighted by Gasteiger charge is -2.12. The van der Waals surface area contributed by atoms with Gasteiger partial charge >= 0.3 is 0 Å². The number of hydrogen-bond donors (Lipinski definition) is 1. The largest absolute Gasteiger partial charge is 0.305 e. The molecule has 0 spiro atoms. The van der Waals surface area contributed by atoms with Gasteiger partial charge in [-0.05, 0) is 31.2 Å². The Morgan fingerprint density at radius 2 is 2.16 bits per heavy atom. The molecule has 0 bridgehead atoms. The molecule has 1 amide bonds.